The maximum Gasteiger partial charge on any atom is 1.00 e. The van der Waals surface area contributed by atoms with Crippen molar-refractivity contribution in [1.29, 1.82) is 0 Å². The molecule has 152 valence electrons. The molecule has 1 fully saturated rings. The Kier molecular flexibility index (Phi) is 16.3. The predicted octanol–water partition coefficient (Wildman–Crippen LogP) is -6.23. The van der Waals surface area contributed by atoms with Gasteiger partial charge in [0.2, 0.25) is 0 Å². The van der Waals surface area contributed by atoms with E-state index in [-0.39, 0.29) is 33.3 Å². The Morgan fingerprint density at radius 1 is 1.00 bits per heavy atom. The van der Waals surface area contributed by atoms with E-state index >= 15 is 0 Å². The summed E-state index contributed by atoms with van der Waals surface area (Å²) >= 11 is 0. The molecule has 12 nitrogen and oxygen atoms in total. The molecule has 1 rings (SSSR count). The molecular weight excluding hydrogens is 521 g/mol. The molecule has 0 spiro atoms. The minimum absolute atomic E-state index is 0. The van der Waals surface area contributed by atoms with Crippen LogP contribution in [0.3, 0.4) is 0 Å². The van der Waals surface area contributed by atoms with Gasteiger partial charge in [0.1, 0.15) is 30.5 Å². The maximum atomic E-state index is 9.74. The van der Waals surface area contributed by atoms with E-state index in [9.17, 15) is 25.5 Å². The van der Waals surface area contributed by atoms with Crippen LogP contribution in [-0.2, 0) is 31.9 Å². The van der Waals surface area contributed by atoms with Gasteiger partial charge in [0, 0.05) is 0 Å². The molecule has 0 bridgehead atoms. The van der Waals surface area contributed by atoms with E-state index in [1.54, 1.807) is 0 Å². The molecule has 0 saturated carbocycles. The van der Waals surface area contributed by atoms with Crippen LogP contribution in [0.4, 0.5) is 0 Å². The third kappa shape index (κ3) is 6.87. The third-order valence-corrected chi connectivity index (χ3v) is 3.20. The normalized spacial score (nSPS) is 33.2. The van der Waals surface area contributed by atoms with Gasteiger partial charge in [-0.1, -0.05) is 0 Å². The summed E-state index contributed by atoms with van der Waals surface area (Å²) in [5.74, 6) is 0. The van der Waals surface area contributed by atoms with Gasteiger partial charge in [-0.25, -0.2) is 0 Å². The average Bonchev–Trinajstić information content (AvgIpc) is 2.50. The molecule has 13 heteroatoms. The van der Waals surface area contributed by atoms with E-state index in [1.807, 2.05) is 0 Å². The zero-order valence-electron chi connectivity index (χ0n) is 12.3. The Morgan fingerprint density at radius 2 is 1.54 bits per heavy atom. The van der Waals surface area contributed by atoms with Crippen LogP contribution in [0.1, 0.15) is 0 Å². The van der Waals surface area contributed by atoms with Crippen molar-refractivity contribution in [2.45, 2.75) is 49.0 Å². The minimum Gasteiger partial charge on any atom is -0.563 e. The van der Waals surface area contributed by atoms with E-state index < -0.39 is 62.2 Å². The van der Waals surface area contributed by atoms with Crippen molar-refractivity contribution in [2.24, 2.45) is 0 Å². The number of ether oxygens (including phenoxy) is 2. The van der Waals surface area contributed by atoms with Crippen LogP contribution < -0.4 is 0 Å². The molecule has 0 amide bonds. The van der Waals surface area contributed by atoms with Gasteiger partial charge >= 0.3 is 22.4 Å². The first-order chi connectivity index (χ1) is 9.87. The van der Waals surface area contributed by atoms with Gasteiger partial charge < -0.3 is 61.3 Å². The molecular formula is C11H25AuO12. The van der Waals surface area contributed by atoms with Gasteiger partial charge in [-0.2, -0.15) is 6.61 Å². The van der Waals surface area contributed by atoms with Crippen molar-refractivity contribution in [2.75, 3.05) is 13.2 Å². The van der Waals surface area contributed by atoms with E-state index in [2.05, 4.69) is 0 Å². The summed E-state index contributed by atoms with van der Waals surface area (Å²) in [6, 6.07) is 0. The number of rotatable bonds is 7. The molecule has 0 aromatic carbocycles. The van der Waals surface area contributed by atoms with E-state index in [0.29, 0.717) is 6.61 Å². The molecule has 0 aliphatic carbocycles. The first-order valence-electron chi connectivity index (χ1n) is 6.27. The van der Waals surface area contributed by atoms with E-state index in [0.717, 1.165) is 0 Å². The fourth-order valence-electron chi connectivity index (χ4n) is 1.92. The number of aliphatic hydroxyl groups is 8. The molecule has 12 N–H and O–H groups in total. The summed E-state index contributed by atoms with van der Waals surface area (Å²) in [7, 11) is 0. The Balaban J connectivity index is -0.00000147. The van der Waals surface area contributed by atoms with Gasteiger partial charge in [0.15, 0.2) is 6.29 Å². The summed E-state index contributed by atoms with van der Waals surface area (Å²) in [6.07, 6.45) is -12.7. The molecule has 1 aliphatic rings. The zero-order chi connectivity index (χ0) is 16.2. The van der Waals surface area contributed by atoms with Crippen LogP contribution in [0.25, 0.3) is 0 Å². The Labute approximate surface area is 153 Å². The summed E-state index contributed by atoms with van der Waals surface area (Å²) in [5, 5.41) is 74.5. The van der Waals surface area contributed by atoms with Crippen molar-refractivity contribution in [1.82, 2.24) is 0 Å². The summed E-state index contributed by atoms with van der Waals surface area (Å²) in [6.45, 7) is -1.19. The quantitative estimate of drug-likeness (QED) is 0.111. The Morgan fingerprint density at radius 3 is 1.96 bits per heavy atom. The fourth-order valence-corrected chi connectivity index (χ4v) is 1.92. The van der Waals surface area contributed by atoms with Crippen LogP contribution in [-0.4, -0.2) is 114 Å². The van der Waals surface area contributed by atoms with Gasteiger partial charge in [0.05, 0.1) is 19.3 Å². The van der Waals surface area contributed by atoms with Crippen molar-refractivity contribution in [3.63, 3.8) is 0 Å². The number of aliphatic hydroxyl groups excluding tert-OH is 8. The van der Waals surface area contributed by atoms with Crippen molar-refractivity contribution in [3.05, 3.63) is 6.61 Å². The topological polar surface area (TPSA) is 243 Å². The largest absolute Gasteiger partial charge is 1.00 e. The molecule has 1 heterocycles. The fraction of sp³-hybridized carbons (Fsp3) is 0.909. The zero-order valence-corrected chi connectivity index (χ0v) is 14.5. The Hall–Kier alpha value is 0.260. The third-order valence-electron chi connectivity index (χ3n) is 3.20. The van der Waals surface area contributed by atoms with Gasteiger partial charge in [-0.15, -0.1) is 0 Å². The average molecular weight is 546 g/mol. The molecule has 0 aromatic rings. The second-order valence-corrected chi connectivity index (χ2v) is 4.69. The number of hydrogen-bond acceptors (Lipinski definition) is 10. The first-order valence-corrected chi connectivity index (χ1v) is 6.27. The molecule has 0 unspecified atom stereocenters. The molecule has 8 atom stereocenters. The molecule has 1 saturated heterocycles. The molecule has 0 aromatic heterocycles. The van der Waals surface area contributed by atoms with E-state index in [1.165, 1.54) is 0 Å². The van der Waals surface area contributed by atoms with Crippen LogP contribution in [0.2, 0.25) is 0 Å². The monoisotopic (exact) mass is 546 g/mol. The number of hydrogen-bond donors (Lipinski definition) is 8. The summed E-state index contributed by atoms with van der Waals surface area (Å²) in [4.78, 5) is 0. The first kappa shape index (κ1) is 29.0. The maximum absolute atomic E-state index is 9.74. The summed E-state index contributed by atoms with van der Waals surface area (Å²) < 4.78 is 10.1. The van der Waals surface area contributed by atoms with Crippen LogP contribution in [0.15, 0.2) is 0 Å². The van der Waals surface area contributed by atoms with Crippen LogP contribution >= 0.6 is 0 Å². The molecule has 24 heavy (non-hydrogen) atoms. The molecule has 0 radical (unpaired) electrons. The Bertz CT molecular complexity index is 299. The van der Waals surface area contributed by atoms with Crippen molar-refractivity contribution < 1.29 is 83.7 Å². The smallest absolute Gasteiger partial charge is 0.563 e. The second kappa shape index (κ2) is 13.5. The molecule has 1 aliphatic heterocycles. The summed E-state index contributed by atoms with van der Waals surface area (Å²) in [5.41, 5.74) is 0. The standard InChI is InChI=1S/C11H21O10.Au.2H2O/c12-1-4(15)10(5(16)2-13)21-11-9(19)8(18)7(17)6(3-14)20-11;;;/h1,4-19H,2-3H2;;2*1H2/q-1;+1;;/t4-,5-,6-,7+,8+,9-,10+,11+;;;/m1.../s1. The van der Waals surface area contributed by atoms with Crippen molar-refractivity contribution in [3.8, 4) is 0 Å². The van der Waals surface area contributed by atoms with Gasteiger partial charge in [-0.05, 0) is 6.10 Å². The SMILES string of the molecule is O.O.O[CH-][C@@H](O)[C@H](O[C@@H]1O[C@H](CO)[C@H](O)[C@H](O)[C@H]1O)[C@H](O)CO.[Au+]. The predicted molar refractivity (Wildman–Crippen MR) is 71.2 cm³/mol. The second-order valence-electron chi connectivity index (χ2n) is 4.69. The van der Waals surface area contributed by atoms with Crippen LogP contribution in [0, 0.1) is 6.61 Å². The van der Waals surface area contributed by atoms with Gasteiger partial charge in [-0.3, -0.25) is 0 Å². The van der Waals surface area contributed by atoms with E-state index in [4.69, 9.17) is 24.8 Å². The van der Waals surface area contributed by atoms with Crippen LogP contribution in [0.5, 0.6) is 0 Å². The van der Waals surface area contributed by atoms with Gasteiger partial charge in [0.25, 0.3) is 0 Å². The minimum atomic E-state index is -1.73. The van der Waals surface area contributed by atoms with Crippen molar-refractivity contribution >= 4 is 0 Å².